The van der Waals surface area contributed by atoms with Crippen LogP contribution in [-0.4, -0.2) is 20.4 Å². The molecule has 16 heavy (non-hydrogen) atoms. The van der Waals surface area contributed by atoms with Crippen LogP contribution in [0.5, 0.6) is 0 Å². The zero-order valence-electron chi connectivity index (χ0n) is 8.68. The van der Waals surface area contributed by atoms with Crippen LogP contribution < -0.4 is 5.32 Å². The van der Waals surface area contributed by atoms with E-state index in [-0.39, 0.29) is 6.04 Å². The van der Waals surface area contributed by atoms with E-state index in [2.05, 4.69) is 31.8 Å². The number of hydrogen-bond donors (Lipinski definition) is 2. The molecule has 0 bridgehead atoms. The van der Waals surface area contributed by atoms with Crippen molar-refractivity contribution in [3.63, 3.8) is 0 Å². The number of nitrogens with one attached hydrogen (secondary N) is 2. The molecule has 0 aromatic carbocycles. The number of nitriles is 1. The van der Waals surface area contributed by atoms with Crippen LogP contribution in [0.15, 0.2) is 24.7 Å². The molecule has 1 unspecified atom stereocenters. The molecule has 0 saturated heterocycles. The second-order valence-corrected chi connectivity index (χ2v) is 3.30. The van der Waals surface area contributed by atoms with E-state index in [1.54, 1.807) is 18.5 Å². The summed E-state index contributed by atoms with van der Waals surface area (Å²) in [6.07, 6.45) is 5.01. The van der Waals surface area contributed by atoms with Crippen molar-refractivity contribution in [1.82, 2.24) is 20.4 Å². The van der Waals surface area contributed by atoms with E-state index in [1.165, 1.54) is 6.20 Å². The fourth-order valence-electron chi connectivity index (χ4n) is 1.31. The summed E-state index contributed by atoms with van der Waals surface area (Å²) in [7, 11) is 0. The second-order valence-electron chi connectivity index (χ2n) is 3.30. The highest BCUT2D eigenvalue weighted by Crippen LogP contribution is 2.18. The Morgan fingerprint density at radius 1 is 1.56 bits per heavy atom. The molecule has 80 valence electrons. The lowest BCUT2D eigenvalue weighted by Gasteiger charge is -2.12. The quantitative estimate of drug-likeness (QED) is 0.802. The Morgan fingerprint density at radius 3 is 3.12 bits per heavy atom. The predicted molar refractivity (Wildman–Crippen MR) is 57.4 cm³/mol. The molecule has 6 heteroatoms. The van der Waals surface area contributed by atoms with Crippen molar-refractivity contribution in [1.29, 1.82) is 5.26 Å². The van der Waals surface area contributed by atoms with Gasteiger partial charge in [0.2, 0.25) is 0 Å². The molecule has 2 rings (SSSR count). The molecule has 0 fully saturated rings. The summed E-state index contributed by atoms with van der Waals surface area (Å²) in [5, 5.41) is 26.2. The Labute approximate surface area is 92.3 Å². The van der Waals surface area contributed by atoms with Gasteiger partial charge >= 0.3 is 0 Å². The lowest BCUT2D eigenvalue weighted by molar-refractivity contribution is 0.859. The lowest BCUT2D eigenvalue weighted by Crippen LogP contribution is -2.09. The van der Waals surface area contributed by atoms with E-state index < -0.39 is 0 Å². The first-order chi connectivity index (χ1) is 7.81. The van der Waals surface area contributed by atoms with Gasteiger partial charge in [0.1, 0.15) is 6.07 Å². The fraction of sp³-hybridized carbons (Fsp3) is 0.200. The van der Waals surface area contributed by atoms with Crippen LogP contribution in [0, 0.1) is 11.3 Å². The van der Waals surface area contributed by atoms with Gasteiger partial charge in [-0.25, -0.2) is 0 Å². The van der Waals surface area contributed by atoms with Gasteiger partial charge in [0.05, 0.1) is 24.0 Å². The van der Waals surface area contributed by atoms with Crippen molar-refractivity contribution in [2.45, 2.75) is 13.0 Å². The molecular formula is C10H10N6. The van der Waals surface area contributed by atoms with Gasteiger partial charge < -0.3 is 5.32 Å². The smallest absolute Gasteiger partial charge is 0.167 e. The molecule has 6 nitrogen and oxygen atoms in total. The molecule has 0 aliphatic carbocycles. The Kier molecular flexibility index (Phi) is 2.78. The van der Waals surface area contributed by atoms with Crippen molar-refractivity contribution < 1.29 is 0 Å². The topological polar surface area (TPSA) is 90.3 Å². The first kappa shape index (κ1) is 10.1. The summed E-state index contributed by atoms with van der Waals surface area (Å²) < 4.78 is 0. The van der Waals surface area contributed by atoms with Crippen molar-refractivity contribution in [3.8, 4) is 6.07 Å². The zero-order chi connectivity index (χ0) is 11.4. The van der Waals surface area contributed by atoms with Gasteiger partial charge in [0, 0.05) is 11.8 Å². The minimum atomic E-state index is 0.0162. The Bertz CT molecular complexity index is 498. The van der Waals surface area contributed by atoms with Crippen LogP contribution in [-0.2, 0) is 0 Å². The maximum absolute atomic E-state index is 8.89. The molecule has 0 aliphatic rings. The summed E-state index contributed by atoms with van der Waals surface area (Å²) in [5.74, 6) is 0.485. The standard InChI is InChI=1S/C10H10N6/c1-7(9-5-13-14-6-9)15-10-8(4-11)2-3-12-16-10/h2-3,5-7H,1H3,(H,13,14)(H,15,16). The Morgan fingerprint density at radius 2 is 2.44 bits per heavy atom. The molecule has 0 saturated carbocycles. The molecule has 0 amide bonds. The van der Waals surface area contributed by atoms with Gasteiger partial charge in [-0.2, -0.15) is 15.5 Å². The van der Waals surface area contributed by atoms with Crippen LogP contribution in [0.4, 0.5) is 5.82 Å². The van der Waals surface area contributed by atoms with E-state index in [0.29, 0.717) is 11.4 Å². The third-order valence-corrected chi connectivity index (χ3v) is 2.21. The largest absolute Gasteiger partial charge is 0.361 e. The monoisotopic (exact) mass is 214 g/mol. The average molecular weight is 214 g/mol. The normalized spacial score (nSPS) is 11.8. The molecule has 2 aromatic rings. The summed E-state index contributed by atoms with van der Waals surface area (Å²) in [6, 6.07) is 3.70. The van der Waals surface area contributed by atoms with Crippen molar-refractivity contribution in [2.75, 3.05) is 5.32 Å². The van der Waals surface area contributed by atoms with Crippen LogP contribution >= 0.6 is 0 Å². The summed E-state index contributed by atoms with van der Waals surface area (Å²) in [4.78, 5) is 0. The van der Waals surface area contributed by atoms with E-state index in [4.69, 9.17) is 5.26 Å². The fourth-order valence-corrected chi connectivity index (χ4v) is 1.31. The van der Waals surface area contributed by atoms with Gasteiger partial charge in [-0.05, 0) is 13.0 Å². The van der Waals surface area contributed by atoms with Crippen molar-refractivity contribution >= 4 is 5.82 Å². The van der Waals surface area contributed by atoms with Crippen LogP contribution in [0.25, 0.3) is 0 Å². The summed E-state index contributed by atoms with van der Waals surface area (Å²) in [6.45, 7) is 1.96. The minimum Gasteiger partial charge on any atom is -0.361 e. The second kappa shape index (κ2) is 4.40. The maximum Gasteiger partial charge on any atom is 0.167 e. The van der Waals surface area contributed by atoms with E-state index in [1.807, 2.05) is 6.92 Å². The molecule has 0 spiro atoms. The minimum absolute atomic E-state index is 0.0162. The van der Waals surface area contributed by atoms with Crippen molar-refractivity contribution in [3.05, 3.63) is 35.8 Å². The highest BCUT2D eigenvalue weighted by molar-refractivity contribution is 5.51. The van der Waals surface area contributed by atoms with E-state index in [0.717, 1.165) is 5.56 Å². The van der Waals surface area contributed by atoms with Crippen LogP contribution in [0.3, 0.4) is 0 Å². The first-order valence-electron chi connectivity index (χ1n) is 4.78. The molecule has 0 radical (unpaired) electrons. The van der Waals surface area contributed by atoms with Crippen LogP contribution in [0.2, 0.25) is 0 Å². The third kappa shape index (κ3) is 1.98. The number of aromatic amines is 1. The number of H-pyrrole nitrogens is 1. The number of nitrogens with zero attached hydrogens (tertiary/aromatic N) is 4. The Hall–Kier alpha value is -2.42. The van der Waals surface area contributed by atoms with E-state index in [9.17, 15) is 0 Å². The van der Waals surface area contributed by atoms with Gasteiger partial charge in [-0.15, -0.1) is 5.10 Å². The highest BCUT2D eigenvalue weighted by Gasteiger charge is 2.10. The number of anilines is 1. The maximum atomic E-state index is 8.89. The van der Waals surface area contributed by atoms with Gasteiger partial charge in [-0.3, -0.25) is 5.10 Å². The highest BCUT2D eigenvalue weighted by atomic mass is 15.2. The van der Waals surface area contributed by atoms with Gasteiger partial charge in [-0.1, -0.05) is 0 Å². The SMILES string of the molecule is CC(Nc1nnccc1C#N)c1cn[nH]c1. The zero-order valence-corrected chi connectivity index (χ0v) is 8.68. The number of aromatic nitrogens is 4. The number of hydrogen-bond acceptors (Lipinski definition) is 5. The molecule has 2 aromatic heterocycles. The van der Waals surface area contributed by atoms with Crippen molar-refractivity contribution in [2.24, 2.45) is 0 Å². The lowest BCUT2D eigenvalue weighted by atomic mass is 10.2. The molecular weight excluding hydrogens is 204 g/mol. The summed E-state index contributed by atoms with van der Waals surface area (Å²) >= 11 is 0. The van der Waals surface area contributed by atoms with E-state index >= 15 is 0 Å². The number of rotatable bonds is 3. The Balaban J connectivity index is 2.19. The predicted octanol–water partition coefficient (Wildman–Crippen LogP) is 1.24. The molecule has 0 aliphatic heterocycles. The average Bonchev–Trinajstić information content (AvgIpc) is 2.83. The third-order valence-electron chi connectivity index (χ3n) is 2.21. The molecule has 2 heterocycles. The summed E-state index contributed by atoms with van der Waals surface area (Å²) in [5.41, 5.74) is 1.47. The van der Waals surface area contributed by atoms with Crippen LogP contribution in [0.1, 0.15) is 24.1 Å². The first-order valence-corrected chi connectivity index (χ1v) is 4.78. The van der Waals surface area contributed by atoms with Gasteiger partial charge in [0.25, 0.3) is 0 Å². The molecule has 1 atom stereocenters. The molecule has 2 N–H and O–H groups in total. The van der Waals surface area contributed by atoms with Gasteiger partial charge in [0.15, 0.2) is 5.82 Å².